The van der Waals surface area contributed by atoms with Crippen molar-refractivity contribution in [2.75, 3.05) is 63.2 Å². The van der Waals surface area contributed by atoms with Gasteiger partial charge in [0.2, 0.25) is 11.8 Å². The maximum atomic E-state index is 12.8. The van der Waals surface area contributed by atoms with E-state index in [0.29, 0.717) is 0 Å². The quantitative estimate of drug-likeness (QED) is 0.687. The molecular formula is C24H38N4O3. The molecule has 2 heterocycles. The molecular weight excluding hydrogens is 392 g/mol. The summed E-state index contributed by atoms with van der Waals surface area (Å²) in [5.41, 5.74) is 1.97. The van der Waals surface area contributed by atoms with Crippen LogP contribution >= 0.6 is 0 Å². The number of ether oxygens (including phenoxy) is 1. The van der Waals surface area contributed by atoms with E-state index in [1.165, 1.54) is 0 Å². The summed E-state index contributed by atoms with van der Waals surface area (Å²) in [4.78, 5) is 31.8. The highest BCUT2D eigenvalue weighted by molar-refractivity contribution is 5.94. The number of morpholine rings is 1. The monoisotopic (exact) mass is 430 g/mol. The van der Waals surface area contributed by atoms with E-state index in [1.807, 2.05) is 31.0 Å². The normalized spacial score (nSPS) is 19.1. The van der Waals surface area contributed by atoms with Gasteiger partial charge in [0, 0.05) is 44.0 Å². The van der Waals surface area contributed by atoms with E-state index in [2.05, 4.69) is 34.2 Å². The van der Waals surface area contributed by atoms with Gasteiger partial charge in [-0.1, -0.05) is 13.3 Å². The molecule has 2 fully saturated rings. The van der Waals surface area contributed by atoms with Gasteiger partial charge in [0.25, 0.3) is 0 Å². The van der Waals surface area contributed by atoms with E-state index in [4.69, 9.17) is 4.74 Å². The minimum atomic E-state index is -0.215. The number of anilines is 2. The van der Waals surface area contributed by atoms with Crippen molar-refractivity contribution < 1.29 is 14.3 Å². The van der Waals surface area contributed by atoms with Crippen LogP contribution in [0.5, 0.6) is 0 Å². The van der Waals surface area contributed by atoms with Gasteiger partial charge in [0.05, 0.1) is 19.3 Å². The average Bonchev–Trinajstić information content (AvgIpc) is 2.82. The molecule has 1 unspecified atom stereocenters. The van der Waals surface area contributed by atoms with Crippen LogP contribution < -0.4 is 10.2 Å². The second-order valence-corrected chi connectivity index (χ2v) is 8.74. The molecule has 172 valence electrons. The second-order valence-electron chi connectivity index (χ2n) is 8.74. The lowest BCUT2D eigenvalue weighted by atomic mass is 9.94. The predicted molar refractivity (Wildman–Crippen MR) is 124 cm³/mol. The Labute approximate surface area is 186 Å². The molecule has 1 aromatic rings. The van der Waals surface area contributed by atoms with Crippen LogP contribution in [0.25, 0.3) is 0 Å². The largest absolute Gasteiger partial charge is 0.378 e. The van der Waals surface area contributed by atoms with Gasteiger partial charge in [-0.05, 0) is 63.5 Å². The summed E-state index contributed by atoms with van der Waals surface area (Å²) >= 11 is 0. The minimum absolute atomic E-state index is 0.00367. The number of carbonyl (C=O) groups is 2. The number of benzene rings is 1. The van der Waals surface area contributed by atoms with E-state index >= 15 is 0 Å². The number of piperidine rings is 1. The van der Waals surface area contributed by atoms with Crippen molar-refractivity contribution in [2.24, 2.45) is 5.92 Å². The number of nitrogens with zero attached hydrogens (tertiary/aromatic N) is 3. The predicted octanol–water partition coefficient (Wildman–Crippen LogP) is 2.82. The van der Waals surface area contributed by atoms with Crippen LogP contribution in [0.4, 0.5) is 11.4 Å². The number of nitrogens with one attached hydrogen (secondary N) is 1. The summed E-state index contributed by atoms with van der Waals surface area (Å²) in [5.74, 6) is 0.343. The van der Waals surface area contributed by atoms with E-state index in [-0.39, 0.29) is 23.8 Å². The number of hydrogen-bond acceptors (Lipinski definition) is 5. The van der Waals surface area contributed by atoms with E-state index in [0.717, 1.165) is 83.0 Å². The Bertz CT molecular complexity index is 710. The van der Waals surface area contributed by atoms with Gasteiger partial charge in [-0.15, -0.1) is 0 Å². The van der Waals surface area contributed by atoms with E-state index in [9.17, 15) is 9.59 Å². The Balaban J connectivity index is 1.45. The molecule has 2 saturated heterocycles. The topological polar surface area (TPSA) is 65.1 Å². The van der Waals surface area contributed by atoms with Gasteiger partial charge in [0.1, 0.15) is 0 Å². The van der Waals surface area contributed by atoms with Gasteiger partial charge in [-0.25, -0.2) is 0 Å². The first-order chi connectivity index (χ1) is 15.0. The molecule has 7 heteroatoms. The maximum absolute atomic E-state index is 12.8. The molecule has 2 aliphatic rings. The molecule has 2 amide bonds. The van der Waals surface area contributed by atoms with E-state index < -0.39 is 0 Å². The summed E-state index contributed by atoms with van der Waals surface area (Å²) in [6.07, 6.45) is 3.78. The Morgan fingerprint density at radius 2 is 1.77 bits per heavy atom. The molecule has 2 aliphatic heterocycles. The molecule has 0 spiro atoms. The lowest BCUT2D eigenvalue weighted by Gasteiger charge is -2.36. The molecule has 3 rings (SSSR count). The van der Waals surface area contributed by atoms with Crippen molar-refractivity contribution in [3.63, 3.8) is 0 Å². The summed E-state index contributed by atoms with van der Waals surface area (Å²) in [7, 11) is 1.91. The average molecular weight is 431 g/mol. The molecule has 0 bridgehead atoms. The second kappa shape index (κ2) is 11.5. The molecule has 1 aromatic carbocycles. The lowest BCUT2D eigenvalue weighted by Crippen LogP contribution is -2.48. The Hall–Kier alpha value is -2.12. The smallest absolute Gasteiger partial charge is 0.241 e. The van der Waals surface area contributed by atoms with Crippen LogP contribution in [0.1, 0.15) is 39.5 Å². The number of unbranched alkanes of at least 4 members (excludes halogenated alkanes) is 1. The first-order valence-electron chi connectivity index (χ1n) is 11.7. The van der Waals surface area contributed by atoms with Crippen LogP contribution in [0.15, 0.2) is 24.3 Å². The molecule has 31 heavy (non-hydrogen) atoms. The minimum Gasteiger partial charge on any atom is -0.378 e. The highest BCUT2D eigenvalue weighted by Gasteiger charge is 2.31. The zero-order chi connectivity index (χ0) is 22.2. The fourth-order valence-corrected chi connectivity index (χ4v) is 4.34. The third kappa shape index (κ3) is 6.43. The van der Waals surface area contributed by atoms with Crippen LogP contribution in [0.3, 0.4) is 0 Å². The first-order valence-corrected chi connectivity index (χ1v) is 11.7. The summed E-state index contributed by atoms with van der Waals surface area (Å²) < 4.78 is 5.40. The van der Waals surface area contributed by atoms with Gasteiger partial charge >= 0.3 is 0 Å². The van der Waals surface area contributed by atoms with Crippen LogP contribution in [0.2, 0.25) is 0 Å². The summed E-state index contributed by atoms with van der Waals surface area (Å²) in [6.45, 7) is 9.80. The standard InChI is InChI=1S/C24H38N4O3/c1-4-5-12-26(3)24(30)20-10-13-27(14-11-20)19(2)23(29)25-21-6-8-22(9-7-21)28-15-17-31-18-16-28/h6-9,19-20H,4-5,10-18H2,1-3H3,(H,25,29). The van der Waals surface area contributed by atoms with Crippen LogP contribution in [0, 0.1) is 5.92 Å². The molecule has 0 aliphatic carbocycles. The highest BCUT2D eigenvalue weighted by atomic mass is 16.5. The van der Waals surface area contributed by atoms with Gasteiger partial charge in [-0.3, -0.25) is 14.5 Å². The fraction of sp³-hybridized carbons (Fsp3) is 0.667. The molecule has 0 saturated carbocycles. The number of hydrogen-bond donors (Lipinski definition) is 1. The first kappa shape index (κ1) is 23.5. The third-order valence-electron chi connectivity index (χ3n) is 6.54. The van der Waals surface area contributed by atoms with Gasteiger partial charge < -0.3 is 19.9 Å². The number of likely N-dealkylation sites (tertiary alicyclic amines) is 1. The zero-order valence-corrected chi connectivity index (χ0v) is 19.3. The zero-order valence-electron chi connectivity index (χ0n) is 19.3. The Morgan fingerprint density at radius 1 is 1.13 bits per heavy atom. The number of amides is 2. The van der Waals surface area contributed by atoms with Gasteiger partial charge in [0.15, 0.2) is 0 Å². The maximum Gasteiger partial charge on any atom is 0.241 e. The van der Waals surface area contributed by atoms with Crippen molar-refractivity contribution in [3.05, 3.63) is 24.3 Å². The number of carbonyl (C=O) groups excluding carboxylic acids is 2. The Kier molecular flexibility index (Phi) is 8.72. The lowest BCUT2D eigenvalue weighted by molar-refractivity contribution is -0.136. The highest BCUT2D eigenvalue weighted by Crippen LogP contribution is 2.23. The Morgan fingerprint density at radius 3 is 2.39 bits per heavy atom. The fourth-order valence-electron chi connectivity index (χ4n) is 4.34. The van der Waals surface area contributed by atoms with Crippen molar-refractivity contribution in [2.45, 2.75) is 45.6 Å². The molecule has 1 atom stereocenters. The van der Waals surface area contributed by atoms with Crippen molar-refractivity contribution >= 4 is 23.2 Å². The van der Waals surface area contributed by atoms with Crippen LogP contribution in [-0.2, 0) is 14.3 Å². The molecule has 1 N–H and O–H groups in total. The van der Waals surface area contributed by atoms with Crippen molar-refractivity contribution in [3.8, 4) is 0 Å². The molecule has 0 radical (unpaired) electrons. The third-order valence-corrected chi connectivity index (χ3v) is 6.54. The summed E-state index contributed by atoms with van der Waals surface area (Å²) in [6, 6.07) is 7.82. The van der Waals surface area contributed by atoms with Crippen molar-refractivity contribution in [1.82, 2.24) is 9.80 Å². The van der Waals surface area contributed by atoms with E-state index in [1.54, 1.807) is 0 Å². The number of rotatable bonds is 8. The van der Waals surface area contributed by atoms with Crippen LogP contribution in [-0.4, -0.2) is 80.6 Å². The van der Waals surface area contributed by atoms with Gasteiger partial charge in [-0.2, -0.15) is 0 Å². The molecule has 7 nitrogen and oxygen atoms in total. The SMILES string of the molecule is CCCCN(C)C(=O)C1CCN(C(C)C(=O)Nc2ccc(N3CCOCC3)cc2)CC1. The summed E-state index contributed by atoms with van der Waals surface area (Å²) in [5, 5.41) is 3.05. The molecule has 0 aromatic heterocycles. The van der Waals surface area contributed by atoms with Crippen molar-refractivity contribution in [1.29, 1.82) is 0 Å².